The molecule has 1 rings (SSSR count). The molecule has 0 heterocycles. The molecule has 0 aliphatic carbocycles. The number of carbonyl (C=O) groups is 2. The number of aliphatic carboxylic acids is 1. The average molecular weight is 222 g/mol. The third-order valence-electron chi connectivity index (χ3n) is 2.23. The van der Waals surface area contributed by atoms with Crippen LogP contribution in [0.4, 0.5) is 0 Å². The van der Waals surface area contributed by atoms with E-state index in [4.69, 9.17) is 9.84 Å². The molecule has 0 radical (unpaired) electrons. The number of carboxylic acid groups (broad SMARTS) is 1. The zero-order chi connectivity index (χ0) is 12.3. The van der Waals surface area contributed by atoms with E-state index in [0.29, 0.717) is 11.3 Å². The highest BCUT2D eigenvalue weighted by molar-refractivity contribution is 5.94. The minimum absolute atomic E-state index is 0.0269. The topological polar surface area (TPSA) is 63.6 Å². The Morgan fingerprint density at radius 1 is 1.38 bits per heavy atom. The summed E-state index contributed by atoms with van der Waals surface area (Å²) in [6.07, 6.45) is -0.901. The van der Waals surface area contributed by atoms with Gasteiger partial charge in [-0.25, -0.2) is 4.79 Å². The van der Waals surface area contributed by atoms with Gasteiger partial charge >= 0.3 is 5.97 Å². The standard InChI is InChI=1S/C12H14O4/c1-7-6-10(8(2)13)4-5-11(7)16-9(3)12(14)15/h4-6,9H,1-3H3,(H,14,15). The van der Waals surface area contributed by atoms with Crippen molar-refractivity contribution in [2.45, 2.75) is 26.9 Å². The third-order valence-corrected chi connectivity index (χ3v) is 2.23. The maximum absolute atomic E-state index is 11.1. The van der Waals surface area contributed by atoms with E-state index in [1.165, 1.54) is 13.8 Å². The van der Waals surface area contributed by atoms with E-state index in [1.54, 1.807) is 25.1 Å². The van der Waals surface area contributed by atoms with Crippen molar-refractivity contribution in [2.24, 2.45) is 0 Å². The highest BCUT2D eigenvalue weighted by Crippen LogP contribution is 2.20. The Balaban J connectivity index is 2.91. The van der Waals surface area contributed by atoms with Crippen LogP contribution in [0.3, 0.4) is 0 Å². The van der Waals surface area contributed by atoms with Crippen molar-refractivity contribution >= 4 is 11.8 Å². The fourth-order valence-corrected chi connectivity index (χ4v) is 1.24. The molecule has 1 atom stereocenters. The zero-order valence-corrected chi connectivity index (χ0v) is 9.48. The van der Waals surface area contributed by atoms with Crippen LogP contribution in [-0.4, -0.2) is 23.0 Å². The SMILES string of the molecule is CC(=O)c1ccc(OC(C)C(=O)O)c(C)c1. The summed E-state index contributed by atoms with van der Waals surface area (Å²) in [4.78, 5) is 21.7. The number of carbonyl (C=O) groups excluding carboxylic acids is 1. The number of hydrogen-bond donors (Lipinski definition) is 1. The Hall–Kier alpha value is -1.84. The van der Waals surface area contributed by atoms with Crippen LogP contribution in [0.25, 0.3) is 0 Å². The largest absolute Gasteiger partial charge is 0.479 e. The number of hydrogen-bond acceptors (Lipinski definition) is 3. The summed E-state index contributed by atoms with van der Waals surface area (Å²) in [6, 6.07) is 4.93. The molecule has 0 saturated carbocycles. The maximum atomic E-state index is 11.1. The van der Waals surface area contributed by atoms with E-state index >= 15 is 0 Å². The van der Waals surface area contributed by atoms with Gasteiger partial charge in [0.05, 0.1) is 0 Å². The predicted molar refractivity (Wildman–Crippen MR) is 58.9 cm³/mol. The first-order chi connectivity index (χ1) is 7.41. The molecule has 86 valence electrons. The normalized spacial score (nSPS) is 11.9. The maximum Gasteiger partial charge on any atom is 0.344 e. The van der Waals surface area contributed by atoms with Gasteiger partial charge in [0.25, 0.3) is 0 Å². The summed E-state index contributed by atoms with van der Waals surface area (Å²) >= 11 is 0. The van der Waals surface area contributed by atoms with E-state index in [1.807, 2.05) is 0 Å². The van der Waals surface area contributed by atoms with Crippen molar-refractivity contribution < 1.29 is 19.4 Å². The quantitative estimate of drug-likeness (QED) is 0.792. The Morgan fingerprint density at radius 3 is 2.44 bits per heavy atom. The summed E-state index contributed by atoms with van der Waals surface area (Å²) in [5.74, 6) is -0.559. The molecule has 0 saturated heterocycles. The van der Waals surface area contributed by atoms with Crippen LogP contribution in [0.2, 0.25) is 0 Å². The second-order valence-electron chi connectivity index (χ2n) is 3.63. The molecular formula is C12H14O4. The van der Waals surface area contributed by atoms with Crippen LogP contribution >= 0.6 is 0 Å². The van der Waals surface area contributed by atoms with Crippen LogP contribution in [-0.2, 0) is 4.79 Å². The smallest absolute Gasteiger partial charge is 0.344 e. The van der Waals surface area contributed by atoms with Crippen molar-refractivity contribution in [1.82, 2.24) is 0 Å². The fraction of sp³-hybridized carbons (Fsp3) is 0.333. The lowest BCUT2D eigenvalue weighted by Gasteiger charge is -2.13. The molecule has 4 heteroatoms. The molecule has 1 unspecified atom stereocenters. The number of ketones is 1. The van der Waals surface area contributed by atoms with Gasteiger partial charge in [0.15, 0.2) is 11.9 Å². The minimum Gasteiger partial charge on any atom is -0.479 e. The number of aryl methyl sites for hydroxylation is 1. The van der Waals surface area contributed by atoms with Crippen LogP contribution in [0.15, 0.2) is 18.2 Å². The average Bonchev–Trinajstić information content (AvgIpc) is 2.20. The summed E-state index contributed by atoms with van der Waals surface area (Å²) in [5.41, 5.74) is 1.34. The van der Waals surface area contributed by atoms with Gasteiger partial charge in [-0.05, 0) is 44.5 Å². The molecule has 0 aromatic heterocycles. The van der Waals surface area contributed by atoms with E-state index in [2.05, 4.69) is 0 Å². The Labute approximate surface area is 93.9 Å². The van der Waals surface area contributed by atoms with Crippen molar-refractivity contribution in [3.63, 3.8) is 0 Å². The van der Waals surface area contributed by atoms with E-state index in [0.717, 1.165) is 5.56 Å². The molecule has 0 aliphatic heterocycles. The summed E-state index contributed by atoms with van der Waals surface area (Å²) in [5, 5.41) is 8.70. The van der Waals surface area contributed by atoms with Gasteiger partial charge in [-0.15, -0.1) is 0 Å². The zero-order valence-electron chi connectivity index (χ0n) is 9.48. The van der Waals surface area contributed by atoms with Crippen molar-refractivity contribution in [3.8, 4) is 5.75 Å². The first-order valence-electron chi connectivity index (χ1n) is 4.93. The van der Waals surface area contributed by atoms with Crippen molar-refractivity contribution in [1.29, 1.82) is 0 Å². The Morgan fingerprint density at radius 2 is 2.00 bits per heavy atom. The molecule has 1 N–H and O–H groups in total. The number of carboxylic acids is 1. The van der Waals surface area contributed by atoms with Crippen LogP contribution in [0.1, 0.15) is 29.8 Å². The van der Waals surface area contributed by atoms with Gasteiger partial charge in [0, 0.05) is 5.56 Å². The molecule has 1 aromatic carbocycles. The second-order valence-corrected chi connectivity index (χ2v) is 3.63. The highest BCUT2D eigenvalue weighted by atomic mass is 16.5. The van der Waals surface area contributed by atoms with Crippen LogP contribution in [0, 0.1) is 6.92 Å². The van der Waals surface area contributed by atoms with E-state index in [9.17, 15) is 9.59 Å². The first kappa shape index (κ1) is 12.2. The lowest BCUT2D eigenvalue weighted by Crippen LogP contribution is -2.23. The van der Waals surface area contributed by atoms with Crippen molar-refractivity contribution in [3.05, 3.63) is 29.3 Å². The van der Waals surface area contributed by atoms with Crippen LogP contribution < -0.4 is 4.74 Å². The van der Waals surface area contributed by atoms with Gasteiger partial charge < -0.3 is 9.84 Å². The third kappa shape index (κ3) is 2.82. The molecular weight excluding hydrogens is 208 g/mol. The number of benzene rings is 1. The molecule has 1 aromatic rings. The first-order valence-corrected chi connectivity index (χ1v) is 4.93. The number of ether oxygens (including phenoxy) is 1. The van der Waals surface area contributed by atoms with Crippen molar-refractivity contribution in [2.75, 3.05) is 0 Å². The van der Waals surface area contributed by atoms with Gasteiger partial charge in [0.1, 0.15) is 5.75 Å². The molecule has 0 spiro atoms. The fourth-order valence-electron chi connectivity index (χ4n) is 1.24. The Kier molecular flexibility index (Phi) is 3.66. The molecule has 0 bridgehead atoms. The number of rotatable bonds is 4. The summed E-state index contributed by atoms with van der Waals surface area (Å²) < 4.78 is 5.23. The van der Waals surface area contributed by atoms with Gasteiger partial charge in [0.2, 0.25) is 0 Å². The molecule has 4 nitrogen and oxygen atoms in total. The van der Waals surface area contributed by atoms with Gasteiger partial charge in [-0.3, -0.25) is 4.79 Å². The Bertz CT molecular complexity index is 423. The molecule has 0 aliphatic rings. The summed E-state index contributed by atoms with van der Waals surface area (Å²) in [6.45, 7) is 4.71. The minimum atomic E-state index is -1.02. The highest BCUT2D eigenvalue weighted by Gasteiger charge is 2.14. The van der Waals surface area contributed by atoms with E-state index < -0.39 is 12.1 Å². The molecule has 0 amide bonds. The van der Waals surface area contributed by atoms with E-state index in [-0.39, 0.29) is 5.78 Å². The lowest BCUT2D eigenvalue weighted by atomic mass is 10.1. The predicted octanol–water partition coefficient (Wildman–Crippen LogP) is 2.05. The lowest BCUT2D eigenvalue weighted by molar-refractivity contribution is -0.144. The second kappa shape index (κ2) is 4.79. The molecule has 0 fully saturated rings. The van der Waals surface area contributed by atoms with Gasteiger partial charge in [-0.1, -0.05) is 0 Å². The van der Waals surface area contributed by atoms with Gasteiger partial charge in [-0.2, -0.15) is 0 Å². The summed E-state index contributed by atoms with van der Waals surface area (Å²) in [7, 11) is 0. The van der Waals surface area contributed by atoms with Crippen LogP contribution in [0.5, 0.6) is 5.75 Å². The monoisotopic (exact) mass is 222 g/mol. The molecule has 16 heavy (non-hydrogen) atoms. The number of Topliss-reactive ketones (excluding diaryl/α,β-unsaturated/α-hetero) is 1.